The summed E-state index contributed by atoms with van der Waals surface area (Å²) in [6.45, 7) is 1.69. The average Bonchev–Trinajstić information content (AvgIpc) is 3.15. The van der Waals surface area contributed by atoms with Crippen LogP contribution >= 0.6 is 11.3 Å². The Morgan fingerprint density at radius 3 is 2.65 bits per heavy atom. The summed E-state index contributed by atoms with van der Waals surface area (Å²) in [6.07, 6.45) is 3.30. The summed E-state index contributed by atoms with van der Waals surface area (Å²) in [7, 11) is 0. The molecule has 1 saturated heterocycles. The largest absolute Gasteiger partial charge is 0.343 e. The van der Waals surface area contributed by atoms with Crippen molar-refractivity contribution in [2.45, 2.75) is 19.3 Å². The Bertz CT molecular complexity index is 676. The fraction of sp³-hybridized carbons (Fsp3) is 0.333. The number of piperidine rings is 1. The maximum absolute atomic E-state index is 12.3. The van der Waals surface area contributed by atoms with Crippen LogP contribution in [0.3, 0.4) is 0 Å². The molecule has 1 aliphatic heterocycles. The van der Waals surface area contributed by atoms with E-state index in [1.54, 1.807) is 17.4 Å². The van der Waals surface area contributed by atoms with Gasteiger partial charge in [0.05, 0.1) is 6.54 Å². The lowest BCUT2D eigenvalue weighted by Gasteiger charge is -2.26. The zero-order valence-corrected chi connectivity index (χ0v) is 13.8. The van der Waals surface area contributed by atoms with Crippen LogP contribution in [0.1, 0.15) is 29.6 Å². The highest BCUT2D eigenvalue weighted by molar-refractivity contribution is 7.08. The number of nitrogens with zero attached hydrogens (tertiary/aromatic N) is 1. The molecule has 0 spiro atoms. The first kappa shape index (κ1) is 15.7. The predicted octanol–water partition coefficient (Wildman–Crippen LogP) is 3.16. The molecular weight excluding hydrogens is 308 g/mol. The van der Waals surface area contributed by atoms with E-state index in [2.05, 4.69) is 10.7 Å². The van der Waals surface area contributed by atoms with E-state index in [1.165, 1.54) is 6.42 Å². The molecule has 1 fully saturated rings. The maximum atomic E-state index is 12.3. The molecule has 0 radical (unpaired) electrons. The summed E-state index contributed by atoms with van der Waals surface area (Å²) in [5, 5.41) is 6.81. The minimum absolute atomic E-state index is 0.00652. The summed E-state index contributed by atoms with van der Waals surface area (Å²) < 4.78 is 0. The minimum Gasteiger partial charge on any atom is -0.343 e. The van der Waals surface area contributed by atoms with Crippen molar-refractivity contribution in [2.24, 2.45) is 0 Å². The molecule has 2 amide bonds. The highest BCUT2D eigenvalue weighted by Gasteiger charge is 2.17. The van der Waals surface area contributed by atoms with Gasteiger partial charge in [-0.3, -0.25) is 9.59 Å². The summed E-state index contributed by atoms with van der Waals surface area (Å²) in [5.74, 6) is -0.195. The van der Waals surface area contributed by atoms with Crippen LogP contribution in [0.5, 0.6) is 0 Å². The number of carbonyl (C=O) groups is 2. The van der Waals surface area contributed by atoms with Crippen LogP contribution in [-0.4, -0.2) is 36.3 Å². The molecule has 120 valence electrons. The third-order valence-corrected chi connectivity index (χ3v) is 4.77. The van der Waals surface area contributed by atoms with Gasteiger partial charge in [0.1, 0.15) is 0 Å². The SMILES string of the molecule is O=C(NCC(=O)N1CCCCC1)c1cccc(-c2ccsc2)c1. The third kappa shape index (κ3) is 3.99. The average molecular weight is 328 g/mol. The van der Waals surface area contributed by atoms with Crippen molar-refractivity contribution >= 4 is 23.2 Å². The number of thiophene rings is 1. The summed E-state index contributed by atoms with van der Waals surface area (Å²) in [6, 6.07) is 9.52. The number of hydrogen-bond donors (Lipinski definition) is 1. The molecule has 0 unspecified atom stereocenters. The molecule has 2 aromatic rings. The molecule has 1 aliphatic rings. The molecule has 0 saturated carbocycles. The molecule has 0 atom stereocenters. The molecule has 5 heteroatoms. The van der Waals surface area contributed by atoms with Gasteiger partial charge >= 0.3 is 0 Å². The van der Waals surface area contributed by atoms with Crippen molar-refractivity contribution in [3.63, 3.8) is 0 Å². The van der Waals surface area contributed by atoms with Crippen molar-refractivity contribution in [3.05, 3.63) is 46.7 Å². The second-order valence-electron chi connectivity index (χ2n) is 5.72. The first-order valence-corrected chi connectivity index (χ1v) is 8.87. The highest BCUT2D eigenvalue weighted by atomic mass is 32.1. The van der Waals surface area contributed by atoms with Crippen LogP contribution in [0.25, 0.3) is 11.1 Å². The number of carbonyl (C=O) groups excluding carboxylic acids is 2. The van der Waals surface area contributed by atoms with E-state index in [0.717, 1.165) is 37.1 Å². The smallest absolute Gasteiger partial charge is 0.251 e. The molecule has 0 aliphatic carbocycles. The molecule has 1 N–H and O–H groups in total. The minimum atomic E-state index is -0.201. The fourth-order valence-corrected chi connectivity index (χ4v) is 3.45. The van der Waals surface area contributed by atoms with Crippen molar-refractivity contribution in [1.82, 2.24) is 10.2 Å². The summed E-state index contributed by atoms with van der Waals surface area (Å²) >= 11 is 1.63. The lowest BCUT2D eigenvalue weighted by molar-refractivity contribution is -0.130. The van der Waals surface area contributed by atoms with Gasteiger partial charge in [-0.1, -0.05) is 12.1 Å². The second-order valence-corrected chi connectivity index (χ2v) is 6.50. The Morgan fingerprint density at radius 1 is 1.09 bits per heavy atom. The summed E-state index contributed by atoms with van der Waals surface area (Å²) in [4.78, 5) is 26.2. The molecule has 3 rings (SSSR count). The molecule has 1 aromatic heterocycles. The van der Waals surface area contributed by atoms with Crippen LogP contribution in [-0.2, 0) is 4.79 Å². The Labute approximate surface area is 140 Å². The van der Waals surface area contributed by atoms with Gasteiger partial charge in [0.25, 0.3) is 5.91 Å². The van der Waals surface area contributed by atoms with Gasteiger partial charge in [-0.15, -0.1) is 0 Å². The van der Waals surface area contributed by atoms with E-state index >= 15 is 0 Å². The number of benzene rings is 1. The van der Waals surface area contributed by atoms with Gasteiger partial charge in [-0.25, -0.2) is 0 Å². The topological polar surface area (TPSA) is 49.4 Å². The lowest BCUT2D eigenvalue weighted by Crippen LogP contribution is -2.42. The standard InChI is InChI=1S/C18H20N2O2S/c21-17(20-8-2-1-3-9-20)12-19-18(22)15-6-4-5-14(11-15)16-7-10-23-13-16/h4-7,10-11,13H,1-3,8-9,12H2,(H,19,22). The molecule has 23 heavy (non-hydrogen) atoms. The van der Waals surface area contributed by atoms with E-state index < -0.39 is 0 Å². The van der Waals surface area contributed by atoms with E-state index in [-0.39, 0.29) is 18.4 Å². The third-order valence-electron chi connectivity index (χ3n) is 4.09. The van der Waals surface area contributed by atoms with Gasteiger partial charge in [0.2, 0.25) is 5.91 Å². The predicted molar refractivity (Wildman–Crippen MR) is 92.5 cm³/mol. The number of amides is 2. The highest BCUT2D eigenvalue weighted by Crippen LogP contribution is 2.22. The zero-order chi connectivity index (χ0) is 16.1. The van der Waals surface area contributed by atoms with E-state index in [0.29, 0.717) is 5.56 Å². The maximum Gasteiger partial charge on any atom is 0.251 e. The number of rotatable bonds is 4. The van der Waals surface area contributed by atoms with Crippen LogP contribution in [0.15, 0.2) is 41.1 Å². The van der Waals surface area contributed by atoms with Crippen molar-refractivity contribution < 1.29 is 9.59 Å². The Kier molecular flexibility index (Phi) is 5.08. The molecular formula is C18H20N2O2S. The fourth-order valence-electron chi connectivity index (χ4n) is 2.78. The van der Waals surface area contributed by atoms with Crippen LogP contribution in [0.2, 0.25) is 0 Å². The molecule has 4 nitrogen and oxygen atoms in total. The Hall–Kier alpha value is -2.14. The molecule has 1 aromatic carbocycles. The Morgan fingerprint density at radius 2 is 1.91 bits per heavy atom. The van der Waals surface area contributed by atoms with Gasteiger partial charge in [-0.05, 0) is 59.3 Å². The normalized spacial score (nSPS) is 14.5. The van der Waals surface area contributed by atoms with Crippen LogP contribution in [0, 0.1) is 0 Å². The second kappa shape index (κ2) is 7.42. The number of likely N-dealkylation sites (tertiary alicyclic amines) is 1. The van der Waals surface area contributed by atoms with E-state index in [1.807, 2.05) is 34.5 Å². The van der Waals surface area contributed by atoms with Crippen molar-refractivity contribution in [1.29, 1.82) is 0 Å². The lowest BCUT2D eigenvalue weighted by atomic mass is 10.1. The first-order chi connectivity index (χ1) is 11.2. The quantitative estimate of drug-likeness (QED) is 0.937. The van der Waals surface area contributed by atoms with Gasteiger partial charge in [-0.2, -0.15) is 11.3 Å². The summed E-state index contributed by atoms with van der Waals surface area (Å²) in [5.41, 5.74) is 2.70. The van der Waals surface area contributed by atoms with E-state index in [9.17, 15) is 9.59 Å². The van der Waals surface area contributed by atoms with Crippen molar-refractivity contribution in [3.8, 4) is 11.1 Å². The van der Waals surface area contributed by atoms with Crippen molar-refractivity contribution in [2.75, 3.05) is 19.6 Å². The van der Waals surface area contributed by atoms with Gasteiger partial charge in [0.15, 0.2) is 0 Å². The molecule has 2 heterocycles. The van der Waals surface area contributed by atoms with Gasteiger partial charge < -0.3 is 10.2 Å². The Balaban J connectivity index is 1.60. The zero-order valence-electron chi connectivity index (χ0n) is 13.0. The van der Waals surface area contributed by atoms with Crippen LogP contribution in [0.4, 0.5) is 0 Å². The number of nitrogens with one attached hydrogen (secondary N) is 1. The van der Waals surface area contributed by atoms with Crippen LogP contribution < -0.4 is 5.32 Å². The van der Waals surface area contributed by atoms with Gasteiger partial charge in [0, 0.05) is 18.7 Å². The molecule has 0 bridgehead atoms. The van der Waals surface area contributed by atoms with E-state index in [4.69, 9.17) is 0 Å². The monoisotopic (exact) mass is 328 g/mol. The first-order valence-electron chi connectivity index (χ1n) is 7.92. The number of hydrogen-bond acceptors (Lipinski definition) is 3.